The fourth-order valence-electron chi connectivity index (χ4n) is 2.04. The molecule has 1 nitrogen and oxygen atoms in total. The van der Waals surface area contributed by atoms with E-state index in [1.54, 1.807) is 0 Å². The summed E-state index contributed by atoms with van der Waals surface area (Å²) in [5.41, 5.74) is 1.28. The van der Waals surface area contributed by atoms with Gasteiger partial charge in [-0.05, 0) is 31.2 Å². The molecule has 0 radical (unpaired) electrons. The van der Waals surface area contributed by atoms with Gasteiger partial charge >= 0.3 is 0 Å². The van der Waals surface area contributed by atoms with Crippen molar-refractivity contribution in [2.75, 3.05) is 6.54 Å². The van der Waals surface area contributed by atoms with Gasteiger partial charge in [-0.2, -0.15) is 0 Å². The number of thiophene rings is 1. The molecule has 1 N–H and O–H groups in total. The molecule has 3 heteroatoms. The van der Waals surface area contributed by atoms with Crippen molar-refractivity contribution in [3.05, 3.63) is 45.7 Å². The van der Waals surface area contributed by atoms with Crippen LogP contribution in [0.5, 0.6) is 0 Å². The van der Waals surface area contributed by atoms with E-state index in [9.17, 15) is 0 Å². The van der Waals surface area contributed by atoms with E-state index in [0.717, 1.165) is 17.4 Å². The molecular weight excluding hydrogens is 306 g/mol. The molecule has 0 saturated carbocycles. The van der Waals surface area contributed by atoms with E-state index >= 15 is 0 Å². The molecule has 1 heterocycles. The van der Waals surface area contributed by atoms with Crippen molar-refractivity contribution in [3.63, 3.8) is 0 Å². The number of nitrogens with one attached hydrogen (secondary N) is 1. The van der Waals surface area contributed by atoms with Crippen LogP contribution in [-0.2, 0) is 0 Å². The molecular formula is C15H18BrNS. The number of halogens is 1. The lowest BCUT2D eigenvalue weighted by Crippen LogP contribution is -2.18. The molecule has 1 aromatic heterocycles. The second-order valence-electron chi connectivity index (χ2n) is 4.20. The van der Waals surface area contributed by atoms with Crippen LogP contribution in [0, 0.1) is 0 Å². The third-order valence-electron chi connectivity index (χ3n) is 2.97. The van der Waals surface area contributed by atoms with Crippen LogP contribution in [0.3, 0.4) is 0 Å². The molecule has 96 valence electrons. The normalized spacial score (nSPS) is 12.6. The molecule has 2 aromatic rings. The number of hydrogen-bond acceptors (Lipinski definition) is 2. The highest BCUT2D eigenvalue weighted by Gasteiger charge is 2.12. The maximum absolute atomic E-state index is 3.62. The van der Waals surface area contributed by atoms with E-state index < -0.39 is 0 Å². The van der Waals surface area contributed by atoms with E-state index in [1.807, 2.05) is 11.3 Å². The summed E-state index contributed by atoms with van der Waals surface area (Å²) in [4.78, 5) is 2.75. The Balaban J connectivity index is 2.28. The highest BCUT2D eigenvalue weighted by Crippen LogP contribution is 2.36. The molecule has 1 unspecified atom stereocenters. The van der Waals surface area contributed by atoms with E-state index in [-0.39, 0.29) is 0 Å². The fraction of sp³-hybridized carbons (Fsp3) is 0.333. The zero-order valence-electron chi connectivity index (χ0n) is 10.7. The molecule has 1 atom stereocenters. The molecule has 0 bridgehead atoms. The van der Waals surface area contributed by atoms with Crippen molar-refractivity contribution >= 4 is 27.3 Å². The SMILES string of the molecule is CCNC(CC)c1ccc(-c2ccccc2Br)s1. The second-order valence-corrected chi connectivity index (χ2v) is 6.17. The second kappa shape index (κ2) is 6.50. The summed E-state index contributed by atoms with van der Waals surface area (Å²) in [5, 5.41) is 3.53. The van der Waals surface area contributed by atoms with E-state index in [2.05, 4.69) is 71.5 Å². The minimum atomic E-state index is 0.483. The standard InChI is InChI=1S/C15H18BrNS/c1-3-13(17-4-2)15-10-9-14(18-15)11-7-5-6-8-12(11)16/h5-10,13,17H,3-4H2,1-2H3. The molecule has 0 saturated heterocycles. The Kier molecular flexibility index (Phi) is 4.98. The smallest absolute Gasteiger partial charge is 0.0412 e. The maximum Gasteiger partial charge on any atom is 0.0412 e. The Labute approximate surface area is 121 Å². The highest BCUT2D eigenvalue weighted by atomic mass is 79.9. The van der Waals surface area contributed by atoms with Crippen LogP contribution < -0.4 is 5.32 Å². The first-order valence-corrected chi connectivity index (χ1v) is 7.95. The number of rotatable bonds is 5. The quantitative estimate of drug-likeness (QED) is 0.793. The highest BCUT2D eigenvalue weighted by molar-refractivity contribution is 9.10. The van der Waals surface area contributed by atoms with Gasteiger partial charge in [0.1, 0.15) is 0 Å². The molecule has 1 aromatic carbocycles. The van der Waals surface area contributed by atoms with Crippen molar-refractivity contribution in [1.29, 1.82) is 0 Å². The van der Waals surface area contributed by atoms with Crippen LogP contribution in [0.15, 0.2) is 40.9 Å². The molecule has 0 amide bonds. The first-order chi connectivity index (χ1) is 8.76. The van der Waals surface area contributed by atoms with Crippen LogP contribution in [0.1, 0.15) is 31.2 Å². The molecule has 0 spiro atoms. The Morgan fingerprint density at radius 1 is 1.17 bits per heavy atom. The summed E-state index contributed by atoms with van der Waals surface area (Å²) in [6.45, 7) is 5.40. The van der Waals surface area contributed by atoms with Gasteiger partial charge in [-0.25, -0.2) is 0 Å². The van der Waals surface area contributed by atoms with Crippen molar-refractivity contribution in [3.8, 4) is 10.4 Å². The topological polar surface area (TPSA) is 12.0 Å². The van der Waals surface area contributed by atoms with Crippen molar-refractivity contribution < 1.29 is 0 Å². The third kappa shape index (κ3) is 3.02. The van der Waals surface area contributed by atoms with Crippen molar-refractivity contribution in [1.82, 2.24) is 5.32 Å². The molecule has 0 aliphatic heterocycles. The van der Waals surface area contributed by atoms with Gasteiger partial charge < -0.3 is 5.32 Å². The summed E-state index contributed by atoms with van der Waals surface area (Å²) < 4.78 is 1.16. The zero-order valence-corrected chi connectivity index (χ0v) is 13.1. The van der Waals surface area contributed by atoms with E-state index in [4.69, 9.17) is 0 Å². The summed E-state index contributed by atoms with van der Waals surface area (Å²) in [6, 6.07) is 13.3. The van der Waals surface area contributed by atoms with Gasteiger partial charge in [-0.3, -0.25) is 0 Å². The average molecular weight is 324 g/mol. The van der Waals surface area contributed by atoms with Gasteiger partial charge in [0.15, 0.2) is 0 Å². The van der Waals surface area contributed by atoms with Crippen LogP contribution in [-0.4, -0.2) is 6.54 Å². The van der Waals surface area contributed by atoms with Gasteiger partial charge in [0.25, 0.3) is 0 Å². The fourth-order valence-corrected chi connectivity index (χ4v) is 3.87. The largest absolute Gasteiger partial charge is 0.310 e. The van der Waals surface area contributed by atoms with Crippen LogP contribution in [0.4, 0.5) is 0 Å². The Hall–Kier alpha value is -0.640. The Morgan fingerprint density at radius 2 is 1.94 bits per heavy atom. The monoisotopic (exact) mass is 323 g/mol. The minimum absolute atomic E-state index is 0.483. The minimum Gasteiger partial charge on any atom is -0.310 e. The lowest BCUT2D eigenvalue weighted by Gasteiger charge is -2.13. The lowest BCUT2D eigenvalue weighted by molar-refractivity contribution is 0.545. The van der Waals surface area contributed by atoms with Crippen LogP contribution >= 0.6 is 27.3 Å². The van der Waals surface area contributed by atoms with Gasteiger partial charge in [0, 0.05) is 25.8 Å². The van der Waals surface area contributed by atoms with E-state index in [1.165, 1.54) is 15.3 Å². The predicted molar refractivity (Wildman–Crippen MR) is 84.2 cm³/mol. The summed E-state index contributed by atoms with van der Waals surface area (Å²) in [6.07, 6.45) is 1.13. The molecule has 2 rings (SSSR count). The lowest BCUT2D eigenvalue weighted by atomic mass is 10.1. The number of hydrogen-bond donors (Lipinski definition) is 1. The van der Waals surface area contributed by atoms with Gasteiger partial charge in [-0.15, -0.1) is 11.3 Å². The van der Waals surface area contributed by atoms with Gasteiger partial charge in [-0.1, -0.05) is 48.0 Å². The zero-order chi connectivity index (χ0) is 13.0. The Bertz CT molecular complexity index is 507. The molecule has 0 aliphatic carbocycles. The summed E-state index contributed by atoms with van der Waals surface area (Å²) in [5.74, 6) is 0. The van der Waals surface area contributed by atoms with Crippen LogP contribution in [0.2, 0.25) is 0 Å². The summed E-state index contributed by atoms with van der Waals surface area (Å²) >= 11 is 5.50. The summed E-state index contributed by atoms with van der Waals surface area (Å²) in [7, 11) is 0. The van der Waals surface area contributed by atoms with Crippen LogP contribution in [0.25, 0.3) is 10.4 Å². The van der Waals surface area contributed by atoms with E-state index in [0.29, 0.717) is 6.04 Å². The van der Waals surface area contributed by atoms with Gasteiger partial charge in [0.2, 0.25) is 0 Å². The molecule has 0 aliphatic rings. The van der Waals surface area contributed by atoms with Crippen molar-refractivity contribution in [2.45, 2.75) is 26.3 Å². The average Bonchev–Trinajstić information content (AvgIpc) is 2.85. The molecule has 0 fully saturated rings. The first-order valence-electron chi connectivity index (χ1n) is 6.34. The third-order valence-corrected chi connectivity index (χ3v) is 4.89. The molecule has 18 heavy (non-hydrogen) atoms. The van der Waals surface area contributed by atoms with Crippen molar-refractivity contribution in [2.24, 2.45) is 0 Å². The van der Waals surface area contributed by atoms with Gasteiger partial charge in [0.05, 0.1) is 0 Å². The maximum atomic E-state index is 3.62. The first kappa shape index (κ1) is 13.8. The number of benzene rings is 1. The Morgan fingerprint density at radius 3 is 2.61 bits per heavy atom. The predicted octanol–water partition coefficient (Wildman–Crippen LogP) is 5.24.